The van der Waals surface area contributed by atoms with Crippen LogP contribution in [0.3, 0.4) is 0 Å². The van der Waals surface area contributed by atoms with Crippen molar-refractivity contribution >= 4 is 39.1 Å². The molecule has 3 rings (SSSR count). The van der Waals surface area contributed by atoms with Crippen LogP contribution in [0, 0.1) is 0 Å². The molecule has 0 amide bonds. The summed E-state index contributed by atoms with van der Waals surface area (Å²) in [6, 6.07) is 7.80. The summed E-state index contributed by atoms with van der Waals surface area (Å²) in [5, 5.41) is 0.00436. The second kappa shape index (κ2) is 7.66. The highest BCUT2D eigenvalue weighted by molar-refractivity contribution is 7.92. The van der Waals surface area contributed by atoms with Gasteiger partial charge in [0.05, 0.1) is 17.0 Å². The van der Waals surface area contributed by atoms with Crippen LogP contribution in [0.25, 0.3) is 0 Å². The van der Waals surface area contributed by atoms with Gasteiger partial charge < -0.3 is 4.74 Å². The minimum absolute atomic E-state index is 0.00436. The predicted molar refractivity (Wildman–Crippen MR) is 101 cm³/mol. The molecule has 1 aromatic carbocycles. The first kappa shape index (κ1) is 19.3. The quantitative estimate of drug-likeness (QED) is 0.414. The number of benzene rings is 1. The fourth-order valence-corrected chi connectivity index (χ4v) is 4.18. The zero-order valence-electron chi connectivity index (χ0n) is 14.5. The molecule has 2 heterocycles. The van der Waals surface area contributed by atoms with Crippen molar-refractivity contribution in [2.24, 2.45) is 0 Å². The van der Waals surface area contributed by atoms with Crippen LogP contribution in [-0.4, -0.2) is 44.1 Å². The zero-order valence-corrected chi connectivity index (χ0v) is 16.1. The highest BCUT2D eigenvalue weighted by Gasteiger charge is 2.28. The summed E-state index contributed by atoms with van der Waals surface area (Å²) in [4.78, 5) is 28.1. The Labute approximate surface area is 162 Å². The number of aromatic nitrogens is 1. The predicted octanol–water partition coefficient (Wildman–Crippen LogP) is 2.49. The fraction of sp³-hybridized carbons (Fsp3) is 0.278. The van der Waals surface area contributed by atoms with E-state index in [9.17, 15) is 18.0 Å². The summed E-state index contributed by atoms with van der Waals surface area (Å²) in [6.45, 7) is 1.51. The van der Waals surface area contributed by atoms with Gasteiger partial charge in [-0.1, -0.05) is 11.6 Å². The number of rotatable bonds is 6. The number of sulfonamides is 1. The molecule has 1 aliphatic rings. The van der Waals surface area contributed by atoms with Gasteiger partial charge in [-0.2, -0.15) is 0 Å². The number of pyridine rings is 1. The second-order valence-electron chi connectivity index (χ2n) is 5.91. The SMILES string of the molecule is CCS(=O)(=O)N1CCc2cc(C(=O)COC(=O)c3cccnc3Cl)ccc21. The summed E-state index contributed by atoms with van der Waals surface area (Å²) >= 11 is 5.83. The lowest BCUT2D eigenvalue weighted by atomic mass is 10.1. The Balaban J connectivity index is 1.70. The van der Waals surface area contributed by atoms with Crippen molar-refractivity contribution in [3.63, 3.8) is 0 Å². The van der Waals surface area contributed by atoms with Gasteiger partial charge in [-0.25, -0.2) is 18.2 Å². The number of Topliss-reactive ketones (excluding diaryl/α,β-unsaturated/α-hetero) is 1. The normalized spacial score (nSPS) is 13.3. The number of carbonyl (C=O) groups excluding carboxylic acids is 2. The topological polar surface area (TPSA) is 93.6 Å². The standard InChI is InChI=1S/C18H17ClN2O5S/c1-2-27(24,25)21-9-7-12-10-13(5-6-15(12)21)16(22)11-26-18(23)14-4-3-8-20-17(14)19/h3-6,8,10H,2,7,9,11H2,1H3. The average Bonchev–Trinajstić information content (AvgIpc) is 3.10. The number of nitrogens with zero attached hydrogens (tertiary/aromatic N) is 2. The number of ether oxygens (including phenoxy) is 1. The van der Waals surface area contributed by atoms with Crippen LogP contribution >= 0.6 is 11.6 Å². The lowest BCUT2D eigenvalue weighted by molar-refractivity contribution is 0.0474. The molecular weight excluding hydrogens is 392 g/mol. The molecule has 2 aromatic rings. The van der Waals surface area contributed by atoms with E-state index in [1.807, 2.05) is 0 Å². The molecule has 7 nitrogen and oxygen atoms in total. The number of ketones is 1. The summed E-state index contributed by atoms with van der Waals surface area (Å²) in [5.41, 5.74) is 1.81. The molecule has 142 valence electrons. The zero-order chi connectivity index (χ0) is 19.6. The molecule has 0 saturated carbocycles. The summed E-state index contributed by atoms with van der Waals surface area (Å²) in [6.07, 6.45) is 1.97. The maximum atomic E-state index is 12.3. The highest BCUT2D eigenvalue weighted by Crippen LogP contribution is 2.31. The maximum absolute atomic E-state index is 12.3. The maximum Gasteiger partial charge on any atom is 0.341 e. The lowest BCUT2D eigenvalue weighted by Gasteiger charge is -2.18. The van der Waals surface area contributed by atoms with E-state index in [2.05, 4.69) is 4.98 Å². The molecule has 1 aromatic heterocycles. The Morgan fingerprint density at radius 2 is 2.07 bits per heavy atom. The summed E-state index contributed by atoms with van der Waals surface area (Å²) in [5.74, 6) is -1.11. The molecule has 0 unspecified atom stereocenters. The van der Waals surface area contributed by atoms with Crippen LogP contribution in [-0.2, 0) is 21.2 Å². The number of hydrogen-bond donors (Lipinski definition) is 0. The van der Waals surface area contributed by atoms with E-state index in [-0.39, 0.29) is 22.3 Å². The van der Waals surface area contributed by atoms with Crippen molar-refractivity contribution < 1.29 is 22.7 Å². The molecule has 27 heavy (non-hydrogen) atoms. The molecular formula is C18H17ClN2O5S. The molecule has 0 aliphatic carbocycles. The fourth-order valence-electron chi connectivity index (χ4n) is 2.82. The van der Waals surface area contributed by atoms with E-state index in [1.165, 1.54) is 22.6 Å². The van der Waals surface area contributed by atoms with E-state index in [0.29, 0.717) is 24.2 Å². The Kier molecular flexibility index (Phi) is 5.48. The number of halogens is 1. The molecule has 0 bridgehead atoms. The molecule has 0 saturated heterocycles. The first-order chi connectivity index (χ1) is 12.8. The van der Waals surface area contributed by atoms with E-state index in [0.717, 1.165) is 5.56 Å². The molecule has 0 radical (unpaired) electrons. The lowest BCUT2D eigenvalue weighted by Crippen LogP contribution is -2.30. The van der Waals surface area contributed by atoms with Crippen molar-refractivity contribution in [3.05, 3.63) is 58.4 Å². The number of hydrogen-bond acceptors (Lipinski definition) is 6. The van der Waals surface area contributed by atoms with Crippen molar-refractivity contribution in [1.82, 2.24) is 4.98 Å². The highest BCUT2D eigenvalue weighted by atomic mass is 35.5. The Morgan fingerprint density at radius 3 is 2.78 bits per heavy atom. The molecule has 0 N–H and O–H groups in total. The third-order valence-corrected chi connectivity index (χ3v) is 6.35. The molecule has 9 heteroatoms. The van der Waals surface area contributed by atoms with Crippen molar-refractivity contribution in [3.8, 4) is 0 Å². The van der Waals surface area contributed by atoms with Gasteiger partial charge in [0.1, 0.15) is 5.15 Å². The van der Waals surface area contributed by atoms with Crippen LogP contribution in [0.4, 0.5) is 5.69 Å². The third kappa shape index (κ3) is 3.96. The number of fused-ring (bicyclic) bond motifs is 1. The Bertz CT molecular complexity index is 1010. The molecule has 0 spiro atoms. The minimum atomic E-state index is -3.34. The molecule has 0 atom stereocenters. The molecule has 1 aliphatic heterocycles. The van der Waals surface area contributed by atoms with Crippen LogP contribution in [0.15, 0.2) is 36.5 Å². The van der Waals surface area contributed by atoms with E-state index < -0.39 is 22.6 Å². The van der Waals surface area contributed by atoms with E-state index in [4.69, 9.17) is 16.3 Å². The monoisotopic (exact) mass is 408 g/mol. The van der Waals surface area contributed by atoms with Crippen LogP contribution in [0.1, 0.15) is 33.2 Å². The van der Waals surface area contributed by atoms with E-state index in [1.54, 1.807) is 25.1 Å². The minimum Gasteiger partial charge on any atom is -0.454 e. The van der Waals surface area contributed by atoms with Crippen LogP contribution in [0.2, 0.25) is 5.15 Å². The largest absolute Gasteiger partial charge is 0.454 e. The first-order valence-corrected chi connectivity index (χ1v) is 10.3. The second-order valence-corrected chi connectivity index (χ2v) is 8.45. The van der Waals surface area contributed by atoms with Gasteiger partial charge in [0.15, 0.2) is 12.4 Å². The van der Waals surface area contributed by atoms with Crippen molar-refractivity contribution in [1.29, 1.82) is 0 Å². The first-order valence-electron chi connectivity index (χ1n) is 8.27. The van der Waals surface area contributed by atoms with Crippen LogP contribution in [0.5, 0.6) is 0 Å². The van der Waals surface area contributed by atoms with Gasteiger partial charge in [0, 0.05) is 18.3 Å². The van der Waals surface area contributed by atoms with Gasteiger partial charge in [-0.15, -0.1) is 0 Å². The van der Waals surface area contributed by atoms with Gasteiger partial charge >= 0.3 is 5.97 Å². The van der Waals surface area contributed by atoms with Gasteiger partial charge in [-0.3, -0.25) is 9.10 Å². The number of esters is 1. The van der Waals surface area contributed by atoms with Crippen molar-refractivity contribution in [2.45, 2.75) is 13.3 Å². The van der Waals surface area contributed by atoms with E-state index >= 15 is 0 Å². The van der Waals surface area contributed by atoms with Crippen LogP contribution < -0.4 is 4.31 Å². The summed E-state index contributed by atoms with van der Waals surface area (Å²) < 4.78 is 30.6. The number of anilines is 1. The number of carbonyl (C=O) groups is 2. The van der Waals surface area contributed by atoms with Gasteiger partial charge in [0.25, 0.3) is 0 Å². The van der Waals surface area contributed by atoms with Gasteiger partial charge in [0.2, 0.25) is 10.0 Å². The Hall–Kier alpha value is -2.45. The third-order valence-electron chi connectivity index (χ3n) is 4.27. The Morgan fingerprint density at radius 1 is 1.30 bits per heavy atom. The van der Waals surface area contributed by atoms with Gasteiger partial charge in [-0.05, 0) is 49.2 Å². The molecule has 0 fully saturated rings. The average molecular weight is 409 g/mol. The van der Waals surface area contributed by atoms with Crippen molar-refractivity contribution in [2.75, 3.05) is 23.2 Å². The summed E-state index contributed by atoms with van der Waals surface area (Å²) in [7, 11) is -3.34. The smallest absolute Gasteiger partial charge is 0.341 e.